The molecule has 0 aliphatic heterocycles. The molecule has 0 bridgehead atoms. The Kier molecular flexibility index (Phi) is 9.06. The van der Waals surface area contributed by atoms with Gasteiger partial charge < -0.3 is 9.32 Å². The van der Waals surface area contributed by atoms with Crippen molar-refractivity contribution in [3.05, 3.63) is 237 Å². The molecular formula is C56H39NO. The third kappa shape index (κ3) is 6.57. The Morgan fingerprint density at radius 3 is 1.78 bits per heavy atom. The molecule has 2 nitrogen and oxygen atoms in total. The lowest BCUT2D eigenvalue weighted by Crippen LogP contribution is -2.11. The van der Waals surface area contributed by atoms with Crippen LogP contribution in [-0.4, -0.2) is 0 Å². The molecule has 1 aromatic heterocycles. The topological polar surface area (TPSA) is 16.4 Å². The van der Waals surface area contributed by atoms with E-state index >= 15 is 0 Å². The van der Waals surface area contributed by atoms with Crippen LogP contribution in [0.5, 0.6) is 0 Å². The van der Waals surface area contributed by atoms with Crippen molar-refractivity contribution in [3.8, 4) is 33.4 Å². The van der Waals surface area contributed by atoms with Gasteiger partial charge in [0.2, 0.25) is 0 Å². The summed E-state index contributed by atoms with van der Waals surface area (Å²) in [5, 5.41) is 7.06. The van der Waals surface area contributed by atoms with Gasteiger partial charge in [0.25, 0.3) is 0 Å². The highest BCUT2D eigenvalue weighted by Gasteiger charge is 2.18. The molecule has 0 aliphatic rings. The molecule has 9 aromatic carbocycles. The van der Waals surface area contributed by atoms with E-state index in [0.717, 1.165) is 66.7 Å². The molecule has 0 fully saturated rings. The highest BCUT2D eigenvalue weighted by atomic mass is 16.3. The molecule has 274 valence electrons. The summed E-state index contributed by atoms with van der Waals surface area (Å²) >= 11 is 0. The summed E-state index contributed by atoms with van der Waals surface area (Å²) in [7, 11) is 0. The second-order valence-electron chi connectivity index (χ2n) is 14.6. The van der Waals surface area contributed by atoms with Crippen molar-refractivity contribution >= 4 is 60.4 Å². The van der Waals surface area contributed by atoms with Gasteiger partial charge in [-0.05, 0) is 110 Å². The zero-order valence-corrected chi connectivity index (χ0v) is 31.9. The van der Waals surface area contributed by atoms with Gasteiger partial charge in [-0.25, -0.2) is 0 Å². The molecule has 0 atom stereocenters. The Balaban J connectivity index is 1.08. The van der Waals surface area contributed by atoms with Gasteiger partial charge in [0.1, 0.15) is 11.2 Å². The van der Waals surface area contributed by atoms with E-state index in [1.165, 1.54) is 32.7 Å². The van der Waals surface area contributed by atoms with E-state index in [4.69, 9.17) is 4.42 Å². The second kappa shape index (κ2) is 15.1. The van der Waals surface area contributed by atoms with Crippen molar-refractivity contribution in [2.24, 2.45) is 0 Å². The van der Waals surface area contributed by atoms with Gasteiger partial charge in [-0.3, -0.25) is 0 Å². The average molecular weight is 742 g/mol. The highest BCUT2D eigenvalue weighted by Crippen LogP contribution is 2.42. The molecule has 10 rings (SSSR count). The van der Waals surface area contributed by atoms with Gasteiger partial charge in [-0.1, -0.05) is 170 Å². The third-order valence-corrected chi connectivity index (χ3v) is 11.1. The van der Waals surface area contributed by atoms with E-state index in [1.54, 1.807) is 0 Å². The molecule has 0 radical (unpaired) electrons. The fourth-order valence-electron chi connectivity index (χ4n) is 8.16. The minimum Gasteiger partial charge on any atom is -0.456 e. The summed E-state index contributed by atoms with van der Waals surface area (Å²) in [5.74, 6) is 0. The molecule has 0 spiro atoms. The lowest BCUT2D eigenvalue weighted by molar-refractivity contribution is 0.669. The van der Waals surface area contributed by atoms with Gasteiger partial charge in [-0.15, -0.1) is 0 Å². The van der Waals surface area contributed by atoms with Crippen LogP contribution in [-0.2, 0) is 0 Å². The Bertz CT molecular complexity index is 3200. The summed E-state index contributed by atoms with van der Waals surface area (Å²) in [6, 6.07) is 71.2. The largest absolute Gasteiger partial charge is 0.456 e. The monoisotopic (exact) mass is 741 g/mol. The van der Waals surface area contributed by atoms with Crippen LogP contribution in [0.25, 0.3) is 82.4 Å². The number of anilines is 2. The van der Waals surface area contributed by atoms with Crippen molar-refractivity contribution in [1.29, 1.82) is 0 Å². The average Bonchev–Trinajstić information content (AvgIpc) is 3.65. The number of allylic oxidation sites excluding steroid dienone is 4. The minimum atomic E-state index is 0.879. The molecule has 58 heavy (non-hydrogen) atoms. The third-order valence-electron chi connectivity index (χ3n) is 11.1. The SMILES string of the molecule is C=C/C(=C\C=C\N(c1ccccc1-c1ccccc1)c1ccccc1-c1ccc2oc3cc4ccccc4cc3c2c1)c1cccc(-c2ccc3ccccc3c2)c1. The number of para-hydroxylation sites is 2. The van der Waals surface area contributed by atoms with Crippen LogP contribution >= 0.6 is 0 Å². The van der Waals surface area contributed by atoms with Gasteiger partial charge in [0.15, 0.2) is 0 Å². The Morgan fingerprint density at radius 1 is 0.431 bits per heavy atom. The lowest BCUT2D eigenvalue weighted by atomic mass is 9.97. The number of hydrogen-bond donors (Lipinski definition) is 0. The Morgan fingerprint density at radius 2 is 1.02 bits per heavy atom. The van der Waals surface area contributed by atoms with Crippen molar-refractivity contribution in [2.45, 2.75) is 0 Å². The maximum Gasteiger partial charge on any atom is 0.136 e. The van der Waals surface area contributed by atoms with Crippen LogP contribution in [0.15, 0.2) is 236 Å². The van der Waals surface area contributed by atoms with Gasteiger partial charge in [0, 0.05) is 28.1 Å². The Hall–Kier alpha value is -7.68. The van der Waals surface area contributed by atoms with Crippen molar-refractivity contribution in [3.63, 3.8) is 0 Å². The minimum absolute atomic E-state index is 0.879. The van der Waals surface area contributed by atoms with Gasteiger partial charge >= 0.3 is 0 Å². The molecule has 0 saturated carbocycles. The van der Waals surface area contributed by atoms with Crippen LogP contribution < -0.4 is 4.90 Å². The van der Waals surface area contributed by atoms with Gasteiger partial charge in [-0.2, -0.15) is 0 Å². The molecule has 1 heterocycles. The Labute approximate surface area is 338 Å². The first-order chi connectivity index (χ1) is 28.7. The van der Waals surface area contributed by atoms with E-state index in [0.29, 0.717) is 0 Å². The normalized spacial score (nSPS) is 11.9. The van der Waals surface area contributed by atoms with E-state index in [9.17, 15) is 0 Å². The molecule has 0 unspecified atom stereocenters. The quantitative estimate of drug-likeness (QED) is 0.137. The fraction of sp³-hybridized carbons (Fsp3) is 0. The molecule has 0 saturated heterocycles. The summed E-state index contributed by atoms with van der Waals surface area (Å²) < 4.78 is 6.40. The zero-order valence-electron chi connectivity index (χ0n) is 31.9. The van der Waals surface area contributed by atoms with Crippen molar-refractivity contribution < 1.29 is 4.42 Å². The number of hydrogen-bond acceptors (Lipinski definition) is 2. The predicted octanol–water partition coefficient (Wildman–Crippen LogP) is 15.8. The second-order valence-corrected chi connectivity index (χ2v) is 14.6. The van der Waals surface area contributed by atoms with Crippen LogP contribution in [0.2, 0.25) is 0 Å². The number of furan rings is 1. The number of rotatable bonds is 9. The molecule has 0 amide bonds. The zero-order chi connectivity index (χ0) is 38.8. The molecule has 2 heteroatoms. The van der Waals surface area contributed by atoms with Gasteiger partial charge in [0.05, 0.1) is 11.4 Å². The van der Waals surface area contributed by atoms with Crippen LogP contribution in [0.4, 0.5) is 11.4 Å². The van der Waals surface area contributed by atoms with E-state index in [2.05, 4.69) is 230 Å². The molecule has 10 aromatic rings. The van der Waals surface area contributed by atoms with Crippen LogP contribution in [0.1, 0.15) is 5.56 Å². The fourth-order valence-corrected chi connectivity index (χ4v) is 8.16. The van der Waals surface area contributed by atoms with Crippen molar-refractivity contribution in [2.75, 3.05) is 4.90 Å². The smallest absolute Gasteiger partial charge is 0.136 e. The molecule has 0 aliphatic carbocycles. The number of fused-ring (bicyclic) bond motifs is 5. The summed E-state index contributed by atoms with van der Waals surface area (Å²) in [5.41, 5.74) is 12.9. The van der Waals surface area contributed by atoms with E-state index < -0.39 is 0 Å². The number of nitrogens with zero attached hydrogens (tertiary/aromatic N) is 1. The van der Waals surface area contributed by atoms with Crippen LogP contribution in [0, 0.1) is 0 Å². The summed E-state index contributed by atoms with van der Waals surface area (Å²) in [6.45, 7) is 4.24. The number of benzene rings is 9. The first kappa shape index (κ1) is 34.8. The first-order valence-corrected chi connectivity index (χ1v) is 19.7. The van der Waals surface area contributed by atoms with Crippen LogP contribution in [0.3, 0.4) is 0 Å². The standard InChI is InChI=1S/C56H39NO/c1-2-39(42-22-14-23-44(34-42)47-30-29-40-16-6-7-19-43(40)35-47)24-15-33-57(53-27-12-10-25-49(53)41-17-4-3-5-18-41)54-28-13-11-26-50(54)48-31-32-55-51(37-48)52-36-45-20-8-9-21-46(45)38-56(52)58-55/h2-38H,1H2/b33-15+,39-24+. The lowest BCUT2D eigenvalue weighted by Gasteiger charge is -2.26. The molecular weight excluding hydrogens is 703 g/mol. The van der Waals surface area contributed by atoms with E-state index in [-0.39, 0.29) is 0 Å². The summed E-state index contributed by atoms with van der Waals surface area (Å²) in [4.78, 5) is 2.31. The first-order valence-electron chi connectivity index (χ1n) is 19.7. The predicted molar refractivity (Wildman–Crippen MR) is 247 cm³/mol. The van der Waals surface area contributed by atoms with Crippen molar-refractivity contribution in [1.82, 2.24) is 0 Å². The maximum absolute atomic E-state index is 6.40. The highest BCUT2D eigenvalue weighted by molar-refractivity contribution is 6.11. The van der Waals surface area contributed by atoms with E-state index in [1.807, 2.05) is 6.08 Å². The maximum atomic E-state index is 6.40. The molecule has 0 N–H and O–H groups in total. The summed E-state index contributed by atoms with van der Waals surface area (Å²) in [6.07, 6.45) is 8.40.